The minimum absolute atomic E-state index is 0.274. The molecule has 25 heavy (non-hydrogen) atoms. The Morgan fingerprint density at radius 2 is 1.88 bits per heavy atom. The monoisotopic (exact) mass is 421 g/mol. The van der Waals surface area contributed by atoms with Gasteiger partial charge in [-0.05, 0) is 42.5 Å². The molecule has 8 heteroatoms. The molecule has 0 fully saturated rings. The van der Waals surface area contributed by atoms with Gasteiger partial charge in [0.2, 0.25) is 0 Å². The van der Waals surface area contributed by atoms with Crippen LogP contribution in [0.15, 0.2) is 58.2 Å². The summed E-state index contributed by atoms with van der Waals surface area (Å²) in [5, 5.41) is 4.15. The van der Waals surface area contributed by atoms with Crippen molar-refractivity contribution in [1.82, 2.24) is 9.97 Å². The van der Waals surface area contributed by atoms with Crippen LogP contribution in [0.3, 0.4) is 0 Å². The average Bonchev–Trinajstić information content (AvgIpc) is 2.58. The number of aromatic nitrogens is 2. The Kier molecular flexibility index (Phi) is 5.19. The average molecular weight is 422 g/mol. The Bertz CT molecular complexity index is 992. The number of nitrogens with zero attached hydrogens (tertiary/aromatic N) is 2. The van der Waals surface area contributed by atoms with Gasteiger partial charge in [0.05, 0.1) is 17.0 Å². The topological polar surface area (TPSA) is 81.2 Å². The van der Waals surface area contributed by atoms with E-state index in [9.17, 15) is 8.42 Å². The number of sulfone groups is 1. The Morgan fingerprint density at radius 1 is 1.12 bits per heavy atom. The lowest BCUT2D eigenvalue weighted by Crippen LogP contribution is -2.12. The van der Waals surface area contributed by atoms with Crippen LogP contribution in [0.4, 0.5) is 5.82 Å². The highest BCUT2D eigenvalue weighted by atomic mass is 79.9. The molecule has 0 saturated heterocycles. The Labute approximate surface area is 154 Å². The van der Waals surface area contributed by atoms with Gasteiger partial charge in [-0.25, -0.2) is 18.4 Å². The molecule has 6 nitrogen and oxygen atoms in total. The molecule has 1 heterocycles. The van der Waals surface area contributed by atoms with E-state index in [4.69, 9.17) is 4.74 Å². The molecule has 3 aromatic rings. The van der Waals surface area contributed by atoms with E-state index in [2.05, 4.69) is 31.2 Å². The van der Waals surface area contributed by atoms with Gasteiger partial charge in [-0.15, -0.1) is 0 Å². The van der Waals surface area contributed by atoms with E-state index in [-0.39, 0.29) is 4.90 Å². The molecule has 0 spiro atoms. The van der Waals surface area contributed by atoms with Crippen molar-refractivity contribution >= 4 is 42.5 Å². The fraction of sp³-hybridized carbons (Fsp3) is 0.176. The second-order valence-corrected chi connectivity index (χ2v) is 8.33. The van der Waals surface area contributed by atoms with Crippen LogP contribution in [-0.4, -0.2) is 37.8 Å². The molecular formula is C17H16BrN3O3S. The van der Waals surface area contributed by atoms with Gasteiger partial charge < -0.3 is 10.1 Å². The first kappa shape index (κ1) is 17.6. The van der Waals surface area contributed by atoms with Gasteiger partial charge in [-0.3, -0.25) is 0 Å². The maximum Gasteiger partial charge on any atom is 0.175 e. The van der Waals surface area contributed by atoms with Crippen molar-refractivity contribution < 1.29 is 13.2 Å². The van der Waals surface area contributed by atoms with Crippen LogP contribution in [0.2, 0.25) is 0 Å². The van der Waals surface area contributed by atoms with Gasteiger partial charge in [-0.2, -0.15) is 0 Å². The van der Waals surface area contributed by atoms with Crippen molar-refractivity contribution in [1.29, 1.82) is 0 Å². The third-order valence-corrected chi connectivity index (χ3v) is 5.13. The summed E-state index contributed by atoms with van der Waals surface area (Å²) in [4.78, 5) is 8.77. The molecule has 0 radical (unpaired) electrons. The highest BCUT2D eigenvalue weighted by Gasteiger charge is 2.07. The number of benzene rings is 2. The zero-order valence-electron chi connectivity index (χ0n) is 13.4. The summed E-state index contributed by atoms with van der Waals surface area (Å²) in [6.07, 6.45) is 2.69. The van der Waals surface area contributed by atoms with Gasteiger partial charge in [0, 0.05) is 16.1 Å². The molecule has 0 aliphatic carbocycles. The van der Waals surface area contributed by atoms with Crippen LogP contribution in [0, 0.1) is 0 Å². The largest absolute Gasteiger partial charge is 0.492 e. The normalized spacial score (nSPS) is 11.4. The summed E-state index contributed by atoms with van der Waals surface area (Å²) >= 11 is 3.45. The molecule has 3 rings (SSSR count). The molecule has 1 N–H and O–H groups in total. The van der Waals surface area contributed by atoms with Gasteiger partial charge in [0.25, 0.3) is 0 Å². The van der Waals surface area contributed by atoms with Crippen LogP contribution >= 0.6 is 15.9 Å². The lowest BCUT2D eigenvalue weighted by atomic mass is 10.2. The summed E-state index contributed by atoms with van der Waals surface area (Å²) in [5.41, 5.74) is 0.859. The van der Waals surface area contributed by atoms with Crippen molar-refractivity contribution in [2.75, 3.05) is 24.7 Å². The molecule has 130 valence electrons. The Hall–Kier alpha value is -2.19. The molecule has 1 aromatic heterocycles. The van der Waals surface area contributed by atoms with E-state index in [1.54, 1.807) is 12.1 Å². The standard InChI is InChI=1S/C17H16BrN3O3S/c1-25(22,23)14-5-3-13(4-6-14)24-9-8-19-17-15-10-12(18)2-7-16(15)20-11-21-17/h2-7,10-11H,8-9H2,1H3,(H,19,20,21). The highest BCUT2D eigenvalue weighted by Crippen LogP contribution is 2.23. The van der Waals surface area contributed by atoms with Gasteiger partial charge in [0.1, 0.15) is 24.5 Å². The van der Waals surface area contributed by atoms with Gasteiger partial charge >= 0.3 is 0 Å². The SMILES string of the molecule is CS(=O)(=O)c1ccc(OCCNc2ncnc3ccc(Br)cc23)cc1. The third-order valence-electron chi connectivity index (χ3n) is 3.51. The van der Waals surface area contributed by atoms with E-state index in [1.807, 2.05) is 18.2 Å². The minimum atomic E-state index is -3.19. The number of anilines is 1. The Morgan fingerprint density at radius 3 is 2.60 bits per heavy atom. The predicted octanol–water partition coefficient (Wildman–Crippen LogP) is 3.29. The van der Waals surface area contributed by atoms with Crippen LogP contribution in [0.5, 0.6) is 5.75 Å². The van der Waals surface area contributed by atoms with Gasteiger partial charge in [0.15, 0.2) is 9.84 Å². The van der Waals surface area contributed by atoms with Crippen molar-refractivity contribution in [3.63, 3.8) is 0 Å². The zero-order chi connectivity index (χ0) is 17.9. The summed E-state index contributed by atoms with van der Waals surface area (Å²) < 4.78 is 29.4. The smallest absolute Gasteiger partial charge is 0.175 e. The Balaban J connectivity index is 1.60. The summed E-state index contributed by atoms with van der Waals surface area (Å²) in [6.45, 7) is 0.962. The van der Waals surface area contributed by atoms with Crippen LogP contribution in [0.25, 0.3) is 10.9 Å². The van der Waals surface area contributed by atoms with E-state index in [1.165, 1.54) is 24.7 Å². The number of nitrogens with one attached hydrogen (secondary N) is 1. The molecule has 0 aliphatic heterocycles. The van der Waals surface area contributed by atoms with Crippen molar-refractivity contribution in [2.45, 2.75) is 4.90 Å². The number of rotatable bonds is 6. The first-order valence-corrected chi connectivity index (χ1v) is 10.2. The fourth-order valence-corrected chi connectivity index (χ4v) is 3.28. The number of hydrogen-bond donors (Lipinski definition) is 1. The first-order valence-electron chi connectivity index (χ1n) is 7.50. The van der Waals surface area contributed by atoms with Crippen molar-refractivity contribution in [3.8, 4) is 5.75 Å². The van der Waals surface area contributed by atoms with E-state index in [0.29, 0.717) is 18.9 Å². The molecule has 0 amide bonds. The molecule has 0 unspecified atom stereocenters. The summed E-state index contributed by atoms with van der Waals surface area (Å²) in [6, 6.07) is 12.2. The summed E-state index contributed by atoms with van der Waals surface area (Å²) in [5.74, 6) is 1.35. The number of ether oxygens (including phenoxy) is 1. The second kappa shape index (κ2) is 7.37. The van der Waals surface area contributed by atoms with Crippen molar-refractivity contribution in [3.05, 3.63) is 53.3 Å². The lowest BCUT2D eigenvalue weighted by Gasteiger charge is -2.10. The fourth-order valence-electron chi connectivity index (χ4n) is 2.29. The third kappa shape index (κ3) is 4.46. The number of halogens is 1. The summed E-state index contributed by atoms with van der Waals surface area (Å²) in [7, 11) is -3.19. The number of hydrogen-bond acceptors (Lipinski definition) is 6. The van der Waals surface area contributed by atoms with Crippen LogP contribution in [-0.2, 0) is 9.84 Å². The van der Waals surface area contributed by atoms with E-state index < -0.39 is 9.84 Å². The highest BCUT2D eigenvalue weighted by molar-refractivity contribution is 9.10. The molecule has 0 atom stereocenters. The second-order valence-electron chi connectivity index (χ2n) is 5.40. The molecule has 0 aliphatic rings. The van der Waals surface area contributed by atoms with Gasteiger partial charge in [-0.1, -0.05) is 15.9 Å². The van der Waals surface area contributed by atoms with E-state index in [0.717, 1.165) is 21.2 Å². The quantitative estimate of drug-likeness (QED) is 0.614. The molecule has 2 aromatic carbocycles. The van der Waals surface area contributed by atoms with Crippen LogP contribution in [0.1, 0.15) is 0 Å². The lowest BCUT2D eigenvalue weighted by molar-refractivity contribution is 0.332. The zero-order valence-corrected chi connectivity index (χ0v) is 15.8. The molecular weight excluding hydrogens is 406 g/mol. The van der Waals surface area contributed by atoms with E-state index >= 15 is 0 Å². The maximum absolute atomic E-state index is 11.4. The first-order chi connectivity index (χ1) is 11.9. The molecule has 0 saturated carbocycles. The molecule has 0 bridgehead atoms. The van der Waals surface area contributed by atoms with Crippen LogP contribution < -0.4 is 10.1 Å². The number of fused-ring (bicyclic) bond motifs is 1. The predicted molar refractivity (Wildman–Crippen MR) is 101 cm³/mol. The minimum Gasteiger partial charge on any atom is -0.492 e. The maximum atomic E-state index is 11.4. The van der Waals surface area contributed by atoms with Crippen molar-refractivity contribution in [2.24, 2.45) is 0 Å².